The SMILES string of the molecule is C#CCNC(=O)C1(N=[N+]=[N-])CCN(Cc2ccccc2)CC1. The van der Waals surface area contributed by atoms with Crippen molar-refractivity contribution in [3.8, 4) is 12.3 Å². The lowest BCUT2D eigenvalue weighted by Gasteiger charge is -2.37. The molecule has 1 aliphatic rings. The fourth-order valence-electron chi connectivity index (χ4n) is 2.68. The van der Waals surface area contributed by atoms with E-state index in [0.717, 1.165) is 6.54 Å². The van der Waals surface area contributed by atoms with E-state index in [-0.39, 0.29) is 12.5 Å². The maximum absolute atomic E-state index is 12.2. The fourth-order valence-corrected chi connectivity index (χ4v) is 2.68. The number of amides is 1. The normalized spacial score (nSPS) is 17.0. The number of benzene rings is 1. The minimum atomic E-state index is -1.02. The average molecular weight is 297 g/mol. The van der Waals surface area contributed by atoms with Crippen LogP contribution in [-0.2, 0) is 11.3 Å². The third-order valence-corrected chi connectivity index (χ3v) is 3.94. The molecule has 0 aliphatic carbocycles. The first-order valence-corrected chi connectivity index (χ1v) is 7.24. The molecule has 1 amide bonds. The number of hydrogen-bond donors (Lipinski definition) is 1. The van der Waals surface area contributed by atoms with Gasteiger partial charge in [0.15, 0.2) is 0 Å². The van der Waals surface area contributed by atoms with Crippen LogP contribution >= 0.6 is 0 Å². The van der Waals surface area contributed by atoms with Gasteiger partial charge in [-0.3, -0.25) is 9.69 Å². The summed E-state index contributed by atoms with van der Waals surface area (Å²) in [4.78, 5) is 17.4. The summed E-state index contributed by atoms with van der Waals surface area (Å²) in [6, 6.07) is 10.2. The lowest BCUT2D eigenvalue weighted by molar-refractivity contribution is -0.127. The Morgan fingerprint density at radius 1 is 1.41 bits per heavy atom. The topological polar surface area (TPSA) is 81.1 Å². The number of terminal acetylenes is 1. The van der Waals surface area contributed by atoms with Crippen LogP contribution in [0, 0.1) is 12.3 Å². The summed E-state index contributed by atoms with van der Waals surface area (Å²) < 4.78 is 0. The first-order chi connectivity index (χ1) is 10.7. The van der Waals surface area contributed by atoms with E-state index in [1.54, 1.807) is 0 Å². The van der Waals surface area contributed by atoms with E-state index < -0.39 is 5.54 Å². The van der Waals surface area contributed by atoms with Gasteiger partial charge in [0.2, 0.25) is 5.91 Å². The number of azide groups is 1. The van der Waals surface area contributed by atoms with Crippen molar-refractivity contribution in [2.45, 2.75) is 24.9 Å². The Morgan fingerprint density at radius 2 is 2.09 bits per heavy atom. The average Bonchev–Trinajstić information content (AvgIpc) is 2.55. The van der Waals surface area contributed by atoms with Crippen LogP contribution in [0.25, 0.3) is 10.4 Å². The highest BCUT2D eigenvalue weighted by atomic mass is 16.2. The van der Waals surface area contributed by atoms with Crippen molar-refractivity contribution in [1.82, 2.24) is 10.2 Å². The van der Waals surface area contributed by atoms with E-state index in [9.17, 15) is 4.79 Å². The van der Waals surface area contributed by atoms with Crippen molar-refractivity contribution >= 4 is 5.91 Å². The summed E-state index contributed by atoms with van der Waals surface area (Å²) in [5.41, 5.74) is 9.00. The second-order valence-electron chi connectivity index (χ2n) is 5.37. The van der Waals surface area contributed by atoms with Crippen LogP contribution < -0.4 is 5.32 Å². The lowest BCUT2D eigenvalue weighted by atomic mass is 9.87. The van der Waals surface area contributed by atoms with E-state index in [0.29, 0.717) is 25.9 Å². The first kappa shape index (κ1) is 15.9. The second kappa shape index (κ2) is 7.51. The molecule has 1 aliphatic heterocycles. The highest BCUT2D eigenvalue weighted by Gasteiger charge is 2.40. The van der Waals surface area contributed by atoms with Crippen molar-refractivity contribution in [2.75, 3.05) is 19.6 Å². The minimum Gasteiger partial charge on any atom is -0.345 e. The van der Waals surface area contributed by atoms with Gasteiger partial charge in [-0.1, -0.05) is 41.4 Å². The zero-order chi connectivity index (χ0) is 15.8. The highest BCUT2D eigenvalue weighted by molar-refractivity contribution is 5.86. The molecule has 2 rings (SSSR count). The summed E-state index contributed by atoms with van der Waals surface area (Å²) in [5, 5.41) is 6.42. The Labute approximate surface area is 130 Å². The monoisotopic (exact) mass is 297 g/mol. The summed E-state index contributed by atoms with van der Waals surface area (Å²) in [5.74, 6) is 2.09. The van der Waals surface area contributed by atoms with Crippen LogP contribution in [0.3, 0.4) is 0 Å². The van der Waals surface area contributed by atoms with E-state index in [1.165, 1.54) is 5.56 Å². The van der Waals surface area contributed by atoms with Gasteiger partial charge in [-0.2, -0.15) is 0 Å². The maximum atomic E-state index is 12.2. The zero-order valence-corrected chi connectivity index (χ0v) is 12.4. The van der Waals surface area contributed by atoms with Gasteiger partial charge in [-0.15, -0.1) is 6.42 Å². The Hall–Kier alpha value is -2.48. The fraction of sp³-hybridized carbons (Fsp3) is 0.438. The number of piperidine rings is 1. The second-order valence-corrected chi connectivity index (χ2v) is 5.37. The van der Waals surface area contributed by atoms with Crippen molar-refractivity contribution < 1.29 is 4.79 Å². The third-order valence-electron chi connectivity index (χ3n) is 3.94. The number of carbonyl (C=O) groups excluding carboxylic acids is 1. The first-order valence-electron chi connectivity index (χ1n) is 7.24. The molecule has 0 radical (unpaired) electrons. The number of nitrogens with zero attached hydrogens (tertiary/aromatic N) is 4. The molecule has 1 aromatic rings. The quantitative estimate of drug-likeness (QED) is 0.391. The molecule has 114 valence electrons. The van der Waals surface area contributed by atoms with Crippen molar-refractivity contribution in [2.24, 2.45) is 5.11 Å². The number of nitrogens with one attached hydrogen (secondary N) is 1. The number of rotatable bonds is 5. The number of hydrogen-bond acceptors (Lipinski definition) is 3. The van der Waals surface area contributed by atoms with Crippen LogP contribution in [-0.4, -0.2) is 36.0 Å². The van der Waals surface area contributed by atoms with E-state index in [2.05, 4.69) is 38.3 Å². The minimum absolute atomic E-state index is 0.148. The molecule has 1 N–H and O–H groups in total. The van der Waals surface area contributed by atoms with Crippen molar-refractivity contribution in [1.29, 1.82) is 0 Å². The largest absolute Gasteiger partial charge is 0.345 e. The van der Waals surface area contributed by atoms with Crippen LogP contribution in [0.4, 0.5) is 0 Å². The highest BCUT2D eigenvalue weighted by Crippen LogP contribution is 2.28. The molecule has 0 unspecified atom stereocenters. The predicted octanol–water partition coefficient (Wildman–Crippen LogP) is 2.08. The Bertz CT molecular complexity index is 593. The maximum Gasteiger partial charge on any atom is 0.232 e. The molecule has 1 heterocycles. The molecular weight excluding hydrogens is 278 g/mol. The molecule has 0 atom stereocenters. The standard InChI is InChI=1S/C16H19N5O/c1-2-10-18-15(22)16(19-20-17)8-11-21(12-9-16)13-14-6-4-3-5-7-14/h1,3-7H,8-13H2,(H,18,22). The van der Waals surface area contributed by atoms with Crippen LogP contribution in [0.1, 0.15) is 18.4 Å². The van der Waals surface area contributed by atoms with Gasteiger partial charge in [0.05, 0.1) is 6.54 Å². The molecule has 1 saturated heterocycles. The molecule has 0 bridgehead atoms. The van der Waals surface area contributed by atoms with Gasteiger partial charge in [0.1, 0.15) is 5.54 Å². The van der Waals surface area contributed by atoms with E-state index in [1.807, 2.05) is 18.2 Å². The smallest absolute Gasteiger partial charge is 0.232 e. The zero-order valence-electron chi connectivity index (χ0n) is 12.4. The summed E-state index contributed by atoms with van der Waals surface area (Å²) in [6.07, 6.45) is 6.16. The van der Waals surface area contributed by atoms with Gasteiger partial charge in [0.25, 0.3) is 0 Å². The van der Waals surface area contributed by atoms with Crippen LogP contribution in [0.5, 0.6) is 0 Å². The van der Waals surface area contributed by atoms with Gasteiger partial charge >= 0.3 is 0 Å². The molecule has 0 saturated carbocycles. The van der Waals surface area contributed by atoms with Crippen molar-refractivity contribution in [3.63, 3.8) is 0 Å². The molecule has 6 heteroatoms. The molecule has 0 spiro atoms. The van der Waals surface area contributed by atoms with Crippen LogP contribution in [0.2, 0.25) is 0 Å². The molecule has 1 aromatic carbocycles. The van der Waals surface area contributed by atoms with Crippen molar-refractivity contribution in [3.05, 3.63) is 46.3 Å². The Balaban J connectivity index is 1.99. The van der Waals surface area contributed by atoms with Crippen LogP contribution in [0.15, 0.2) is 35.4 Å². The number of likely N-dealkylation sites (tertiary alicyclic amines) is 1. The third kappa shape index (κ3) is 3.79. The number of carbonyl (C=O) groups is 1. The van der Waals surface area contributed by atoms with Gasteiger partial charge in [0, 0.05) is 11.5 Å². The molecule has 22 heavy (non-hydrogen) atoms. The molecule has 0 aromatic heterocycles. The molecule has 6 nitrogen and oxygen atoms in total. The molecular formula is C16H19N5O. The molecule has 1 fully saturated rings. The lowest BCUT2D eigenvalue weighted by Crippen LogP contribution is -2.52. The van der Waals surface area contributed by atoms with Gasteiger partial charge < -0.3 is 5.32 Å². The van der Waals surface area contributed by atoms with E-state index in [4.69, 9.17) is 12.0 Å². The Kier molecular flexibility index (Phi) is 5.42. The predicted molar refractivity (Wildman–Crippen MR) is 84.7 cm³/mol. The van der Waals surface area contributed by atoms with Gasteiger partial charge in [-0.25, -0.2) is 0 Å². The summed E-state index contributed by atoms with van der Waals surface area (Å²) in [7, 11) is 0. The summed E-state index contributed by atoms with van der Waals surface area (Å²) >= 11 is 0. The van der Waals surface area contributed by atoms with Gasteiger partial charge in [-0.05, 0) is 37.0 Å². The Morgan fingerprint density at radius 3 is 2.68 bits per heavy atom. The van der Waals surface area contributed by atoms with E-state index >= 15 is 0 Å². The summed E-state index contributed by atoms with van der Waals surface area (Å²) in [6.45, 7) is 2.39.